The lowest BCUT2D eigenvalue weighted by molar-refractivity contribution is -0.128. The third-order valence-corrected chi connectivity index (χ3v) is 3.23. The Balaban J connectivity index is 2.45. The van der Waals surface area contributed by atoms with Crippen LogP contribution in [0.1, 0.15) is 26.3 Å². The Morgan fingerprint density at radius 1 is 1.44 bits per heavy atom. The largest absolute Gasteiger partial charge is 0.478 e. The van der Waals surface area contributed by atoms with Gasteiger partial charge in [0.1, 0.15) is 5.75 Å². The van der Waals surface area contributed by atoms with E-state index < -0.39 is 0 Å². The second-order valence-electron chi connectivity index (χ2n) is 4.87. The summed E-state index contributed by atoms with van der Waals surface area (Å²) in [6.45, 7) is 7.07. The second-order valence-corrected chi connectivity index (χ2v) is 4.87. The molecule has 0 saturated carbocycles. The lowest BCUT2D eigenvalue weighted by atomic mass is 10.0. The number of nitrogens with two attached hydrogens (primary N) is 1. The topological polar surface area (TPSA) is 55.6 Å². The van der Waals surface area contributed by atoms with E-state index in [0.717, 1.165) is 17.0 Å². The Labute approximate surface area is 108 Å². The molecule has 4 heteroatoms. The average Bonchev–Trinajstić information content (AvgIpc) is 2.37. The molecule has 0 aliphatic carbocycles. The minimum Gasteiger partial charge on any atom is -0.478 e. The molecule has 1 amide bonds. The number of benzene rings is 1. The van der Waals surface area contributed by atoms with Gasteiger partial charge in [-0.15, -0.1) is 0 Å². The van der Waals surface area contributed by atoms with Crippen molar-refractivity contribution in [1.82, 2.24) is 0 Å². The van der Waals surface area contributed by atoms with Gasteiger partial charge >= 0.3 is 0 Å². The van der Waals surface area contributed by atoms with Crippen LogP contribution in [0.5, 0.6) is 5.75 Å². The van der Waals surface area contributed by atoms with Crippen molar-refractivity contribution in [3.05, 3.63) is 23.8 Å². The monoisotopic (exact) mass is 248 g/mol. The van der Waals surface area contributed by atoms with E-state index in [1.165, 1.54) is 0 Å². The maximum Gasteiger partial charge on any atom is 0.268 e. The Hall–Kier alpha value is -1.55. The fourth-order valence-electron chi connectivity index (χ4n) is 2.21. The van der Waals surface area contributed by atoms with E-state index in [4.69, 9.17) is 10.5 Å². The van der Waals surface area contributed by atoms with Crippen molar-refractivity contribution >= 4 is 11.6 Å². The standard InChI is InChI=1S/C14H20N2O2/c1-4-16-11-7-10(8-15)5-6-12(11)18-13(9(2)3)14(16)17/h5-7,9,13H,4,8,15H2,1-3H3. The quantitative estimate of drug-likeness (QED) is 0.889. The molecule has 1 aliphatic heterocycles. The molecule has 1 aromatic rings. The van der Waals surface area contributed by atoms with Gasteiger partial charge in [-0.3, -0.25) is 4.79 Å². The first kappa shape index (κ1) is 12.9. The van der Waals surface area contributed by atoms with Gasteiger partial charge in [0.2, 0.25) is 0 Å². The normalized spacial score (nSPS) is 18.8. The van der Waals surface area contributed by atoms with Crippen molar-refractivity contribution < 1.29 is 9.53 Å². The van der Waals surface area contributed by atoms with Gasteiger partial charge in [0.15, 0.2) is 6.10 Å². The van der Waals surface area contributed by atoms with Gasteiger partial charge in [-0.05, 0) is 30.5 Å². The van der Waals surface area contributed by atoms with E-state index in [2.05, 4.69) is 0 Å². The zero-order valence-corrected chi connectivity index (χ0v) is 11.1. The average molecular weight is 248 g/mol. The predicted molar refractivity (Wildman–Crippen MR) is 71.6 cm³/mol. The number of nitrogens with zero attached hydrogens (tertiary/aromatic N) is 1. The van der Waals surface area contributed by atoms with Crippen molar-refractivity contribution in [1.29, 1.82) is 0 Å². The molecule has 2 rings (SSSR count). The van der Waals surface area contributed by atoms with Gasteiger partial charge in [0.05, 0.1) is 5.69 Å². The van der Waals surface area contributed by atoms with Crippen LogP contribution in [0.2, 0.25) is 0 Å². The highest BCUT2D eigenvalue weighted by molar-refractivity contribution is 6.00. The van der Waals surface area contributed by atoms with Crippen LogP contribution in [0.15, 0.2) is 18.2 Å². The number of fused-ring (bicyclic) bond motifs is 1. The van der Waals surface area contributed by atoms with Crippen molar-refractivity contribution in [2.45, 2.75) is 33.4 Å². The van der Waals surface area contributed by atoms with Crippen LogP contribution in [-0.2, 0) is 11.3 Å². The number of likely N-dealkylation sites (N-methyl/N-ethyl adjacent to an activating group) is 1. The zero-order valence-electron chi connectivity index (χ0n) is 11.1. The highest BCUT2D eigenvalue weighted by Crippen LogP contribution is 2.36. The number of carbonyl (C=O) groups excluding carboxylic acids is 1. The lowest BCUT2D eigenvalue weighted by Crippen LogP contribution is -2.48. The van der Waals surface area contributed by atoms with E-state index in [9.17, 15) is 4.79 Å². The molecule has 18 heavy (non-hydrogen) atoms. The third-order valence-electron chi connectivity index (χ3n) is 3.23. The molecule has 1 unspecified atom stereocenters. The smallest absolute Gasteiger partial charge is 0.268 e. The fraction of sp³-hybridized carbons (Fsp3) is 0.500. The molecule has 0 saturated heterocycles. The van der Waals surface area contributed by atoms with E-state index in [0.29, 0.717) is 13.1 Å². The molecular weight excluding hydrogens is 228 g/mol. The first-order chi connectivity index (χ1) is 8.58. The van der Waals surface area contributed by atoms with Crippen molar-refractivity contribution in [3.8, 4) is 5.75 Å². The van der Waals surface area contributed by atoms with Crippen molar-refractivity contribution in [2.24, 2.45) is 11.7 Å². The van der Waals surface area contributed by atoms with Crippen LogP contribution in [0.25, 0.3) is 0 Å². The molecule has 0 fully saturated rings. The molecule has 1 heterocycles. The number of ether oxygens (including phenoxy) is 1. The maximum absolute atomic E-state index is 12.3. The molecule has 0 aromatic heterocycles. The minimum absolute atomic E-state index is 0.0363. The van der Waals surface area contributed by atoms with E-state index in [-0.39, 0.29) is 17.9 Å². The summed E-state index contributed by atoms with van der Waals surface area (Å²) >= 11 is 0. The number of amides is 1. The van der Waals surface area contributed by atoms with Gasteiger partial charge in [-0.2, -0.15) is 0 Å². The SMILES string of the molecule is CCN1C(=O)C(C(C)C)Oc2ccc(CN)cc21. The van der Waals surface area contributed by atoms with Crippen LogP contribution in [0.4, 0.5) is 5.69 Å². The van der Waals surface area contributed by atoms with Crippen molar-refractivity contribution in [2.75, 3.05) is 11.4 Å². The van der Waals surface area contributed by atoms with Crippen LogP contribution in [0.3, 0.4) is 0 Å². The summed E-state index contributed by atoms with van der Waals surface area (Å²) in [7, 11) is 0. The molecule has 1 aliphatic rings. The third kappa shape index (κ3) is 2.08. The highest BCUT2D eigenvalue weighted by Gasteiger charge is 2.35. The van der Waals surface area contributed by atoms with E-state index in [1.807, 2.05) is 39.0 Å². The van der Waals surface area contributed by atoms with Crippen LogP contribution in [-0.4, -0.2) is 18.6 Å². The molecule has 4 nitrogen and oxygen atoms in total. The molecule has 98 valence electrons. The Morgan fingerprint density at radius 3 is 2.72 bits per heavy atom. The highest BCUT2D eigenvalue weighted by atomic mass is 16.5. The minimum atomic E-state index is -0.388. The first-order valence-corrected chi connectivity index (χ1v) is 6.39. The van der Waals surface area contributed by atoms with Crippen LogP contribution >= 0.6 is 0 Å². The molecular formula is C14H20N2O2. The van der Waals surface area contributed by atoms with Gasteiger partial charge in [-0.25, -0.2) is 0 Å². The number of carbonyl (C=O) groups is 1. The summed E-state index contributed by atoms with van der Waals surface area (Å²) in [5.74, 6) is 0.968. The number of anilines is 1. The molecule has 0 bridgehead atoms. The van der Waals surface area contributed by atoms with Gasteiger partial charge in [0.25, 0.3) is 5.91 Å². The summed E-state index contributed by atoms with van der Waals surface area (Å²) in [5, 5.41) is 0. The molecule has 0 spiro atoms. The Bertz CT molecular complexity index is 457. The molecule has 2 N–H and O–H groups in total. The first-order valence-electron chi connectivity index (χ1n) is 6.39. The predicted octanol–water partition coefficient (Wildman–Crippen LogP) is 1.92. The second kappa shape index (κ2) is 4.98. The van der Waals surface area contributed by atoms with E-state index >= 15 is 0 Å². The maximum atomic E-state index is 12.3. The number of hydrogen-bond acceptors (Lipinski definition) is 3. The summed E-state index contributed by atoms with van der Waals surface area (Å²) in [6.07, 6.45) is -0.388. The molecule has 1 aromatic carbocycles. The van der Waals surface area contributed by atoms with Gasteiger partial charge in [-0.1, -0.05) is 19.9 Å². The number of rotatable bonds is 3. The summed E-state index contributed by atoms with van der Waals surface area (Å²) < 4.78 is 5.81. The Morgan fingerprint density at radius 2 is 2.17 bits per heavy atom. The van der Waals surface area contributed by atoms with Crippen LogP contribution in [0, 0.1) is 5.92 Å². The zero-order chi connectivity index (χ0) is 13.3. The lowest BCUT2D eigenvalue weighted by Gasteiger charge is -2.35. The van der Waals surface area contributed by atoms with Crippen LogP contribution < -0.4 is 15.4 Å². The summed E-state index contributed by atoms with van der Waals surface area (Å²) in [4.78, 5) is 14.1. The van der Waals surface area contributed by atoms with Gasteiger partial charge < -0.3 is 15.4 Å². The fourth-order valence-corrected chi connectivity index (χ4v) is 2.21. The summed E-state index contributed by atoms with van der Waals surface area (Å²) in [6, 6.07) is 5.79. The van der Waals surface area contributed by atoms with Gasteiger partial charge in [0, 0.05) is 13.1 Å². The molecule has 1 atom stereocenters. The number of hydrogen-bond donors (Lipinski definition) is 1. The van der Waals surface area contributed by atoms with E-state index in [1.54, 1.807) is 4.90 Å². The van der Waals surface area contributed by atoms with Crippen molar-refractivity contribution in [3.63, 3.8) is 0 Å². The summed E-state index contributed by atoms with van der Waals surface area (Å²) in [5.41, 5.74) is 7.48. The molecule has 0 radical (unpaired) electrons. The Kier molecular flexibility index (Phi) is 3.57.